The maximum Gasteiger partial charge on any atom is 0.286 e. The minimum absolute atomic E-state index is 0.260. The fraction of sp³-hybridized carbons (Fsp3) is 0.444. The van der Waals surface area contributed by atoms with E-state index in [0.29, 0.717) is 0 Å². The van der Waals surface area contributed by atoms with Crippen LogP contribution < -0.4 is 0 Å². The van der Waals surface area contributed by atoms with Crippen molar-refractivity contribution in [3.8, 4) is 0 Å². The minimum Gasteiger partial charge on any atom is -0.286 e. The summed E-state index contributed by atoms with van der Waals surface area (Å²) < 4.78 is 0. The van der Waals surface area contributed by atoms with Gasteiger partial charge in [-0.15, -0.1) is 0 Å². The van der Waals surface area contributed by atoms with Crippen LogP contribution in [0.1, 0.15) is 26.7 Å². The Bertz CT molecular complexity index is 173. The van der Waals surface area contributed by atoms with Crippen molar-refractivity contribution in [2.45, 2.75) is 26.7 Å². The highest BCUT2D eigenvalue weighted by Crippen LogP contribution is 2.00. The average Bonchev–Trinajstić information content (AvgIpc) is 2.04. The molecule has 0 heterocycles. The summed E-state index contributed by atoms with van der Waals surface area (Å²) in [6.45, 7) is 4.03. The first kappa shape index (κ1) is 11.3. The summed E-state index contributed by atoms with van der Waals surface area (Å²) in [5, 5.41) is -0.260. The summed E-state index contributed by atoms with van der Waals surface area (Å²) in [5.74, 6) is 0. The number of carbonyl (C=O) groups excluding carboxylic acids is 1. The second kappa shape index (κ2) is 6.98. The Hall–Kier alpha value is -0.700. The molecular formula is C9H15NOS. The van der Waals surface area contributed by atoms with Gasteiger partial charge in [-0.1, -0.05) is 38.6 Å². The molecule has 0 aromatic carbocycles. The molecule has 0 rings (SSSR count). The van der Waals surface area contributed by atoms with E-state index in [1.807, 2.05) is 26.0 Å². The first-order valence-corrected chi connectivity index (χ1v) is 4.51. The first-order valence-electron chi connectivity index (χ1n) is 4.07. The van der Waals surface area contributed by atoms with E-state index in [4.69, 9.17) is 0 Å². The van der Waals surface area contributed by atoms with E-state index >= 15 is 0 Å². The summed E-state index contributed by atoms with van der Waals surface area (Å²) in [6, 6.07) is 0. The number of amides is 1. The monoisotopic (exact) mass is 185 g/mol. The third kappa shape index (κ3) is 5.02. The number of allylic oxidation sites excluding steroid dienone is 2. The molecule has 12 heavy (non-hydrogen) atoms. The van der Waals surface area contributed by atoms with Crippen LogP contribution in [0.4, 0.5) is 4.79 Å². The van der Waals surface area contributed by atoms with Crippen LogP contribution in [-0.4, -0.2) is 10.1 Å². The summed E-state index contributed by atoms with van der Waals surface area (Å²) in [7, 11) is 0. The average molecular weight is 185 g/mol. The Labute approximate surface area is 79.4 Å². The van der Waals surface area contributed by atoms with Crippen LogP contribution in [0, 0.1) is 0 Å². The van der Waals surface area contributed by atoms with Crippen molar-refractivity contribution < 1.29 is 4.79 Å². The molecule has 0 atom stereocenters. The van der Waals surface area contributed by atoms with Crippen molar-refractivity contribution in [2.24, 2.45) is 0 Å². The van der Waals surface area contributed by atoms with Crippen LogP contribution in [0.5, 0.6) is 0 Å². The van der Waals surface area contributed by atoms with E-state index < -0.39 is 0 Å². The summed E-state index contributed by atoms with van der Waals surface area (Å²) in [5.41, 5.74) is 0. The van der Waals surface area contributed by atoms with Gasteiger partial charge in [-0.3, -0.25) is 9.69 Å². The van der Waals surface area contributed by atoms with Gasteiger partial charge in [0.05, 0.1) is 0 Å². The molecular weight excluding hydrogens is 170 g/mol. The van der Waals surface area contributed by atoms with Crippen molar-refractivity contribution in [3.05, 3.63) is 24.6 Å². The summed E-state index contributed by atoms with van der Waals surface area (Å²) in [4.78, 5) is 12.3. The van der Waals surface area contributed by atoms with Crippen LogP contribution >= 0.6 is 12.6 Å². The van der Waals surface area contributed by atoms with Gasteiger partial charge in [0.1, 0.15) is 0 Å². The van der Waals surface area contributed by atoms with Crippen molar-refractivity contribution in [2.75, 3.05) is 0 Å². The zero-order chi connectivity index (χ0) is 9.40. The van der Waals surface area contributed by atoms with Gasteiger partial charge in [-0.2, -0.15) is 0 Å². The molecule has 0 aromatic rings. The predicted molar refractivity (Wildman–Crippen MR) is 55.1 cm³/mol. The minimum atomic E-state index is -0.260. The third-order valence-corrected chi connectivity index (χ3v) is 1.46. The molecule has 0 aliphatic carbocycles. The number of hydrogen-bond acceptors (Lipinski definition) is 1. The fourth-order valence-corrected chi connectivity index (χ4v) is 0.748. The lowest BCUT2D eigenvalue weighted by Gasteiger charge is -2.08. The van der Waals surface area contributed by atoms with E-state index in [9.17, 15) is 4.79 Å². The van der Waals surface area contributed by atoms with E-state index in [2.05, 4.69) is 12.6 Å². The largest absolute Gasteiger partial charge is 0.286 e. The second-order valence-corrected chi connectivity index (χ2v) is 2.66. The van der Waals surface area contributed by atoms with E-state index in [-0.39, 0.29) is 5.24 Å². The highest BCUT2D eigenvalue weighted by Gasteiger charge is 1.98. The Kier molecular flexibility index (Phi) is 6.57. The molecule has 0 unspecified atom stereocenters. The predicted octanol–water partition coefficient (Wildman–Crippen LogP) is 3.19. The molecule has 0 aromatic heterocycles. The van der Waals surface area contributed by atoms with Gasteiger partial charge in [0.25, 0.3) is 5.24 Å². The van der Waals surface area contributed by atoms with Crippen molar-refractivity contribution >= 4 is 17.9 Å². The second-order valence-electron chi connectivity index (χ2n) is 2.28. The Morgan fingerprint density at radius 1 is 1.25 bits per heavy atom. The highest BCUT2D eigenvalue weighted by atomic mass is 32.1. The topological polar surface area (TPSA) is 20.3 Å². The molecule has 3 heteroatoms. The van der Waals surface area contributed by atoms with E-state index in [1.54, 1.807) is 12.4 Å². The Balaban J connectivity index is 4.13. The lowest BCUT2D eigenvalue weighted by Crippen LogP contribution is -2.11. The lowest BCUT2D eigenvalue weighted by molar-refractivity contribution is 0.249. The van der Waals surface area contributed by atoms with Gasteiger partial charge in [0.15, 0.2) is 0 Å². The molecule has 0 spiro atoms. The van der Waals surface area contributed by atoms with Gasteiger partial charge in [0, 0.05) is 12.4 Å². The molecule has 0 saturated heterocycles. The lowest BCUT2D eigenvalue weighted by atomic mass is 10.4. The molecule has 0 aliphatic heterocycles. The van der Waals surface area contributed by atoms with Crippen molar-refractivity contribution in [1.29, 1.82) is 0 Å². The molecule has 0 bridgehead atoms. The van der Waals surface area contributed by atoms with Crippen LogP contribution in [0.3, 0.4) is 0 Å². The fourth-order valence-electron chi connectivity index (χ4n) is 0.615. The smallest absolute Gasteiger partial charge is 0.286 e. The molecule has 0 radical (unpaired) electrons. The van der Waals surface area contributed by atoms with Gasteiger partial charge < -0.3 is 0 Å². The van der Waals surface area contributed by atoms with Crippen LogP contribution in [0.2, 0.25) is 0 Å². The van der Waals surface area contributed by atoms with Crippen molar-refractivity contribution in [3.63, 3.8) is 0 Å². The molecule has 68 valence electrons. The zero-order valence-corrected chi connectivity index (χ0v) is 8.42. The summed E-state index contributed by atoms with van der Waals surface area (Å²) >= 11 is 3.72. The molecule has 0 aliphatic rings. The quantitative estimate of drug-likeness (QED) is 0.667. The maximum absolute atomic E-state index is 10.8. The first-order chi connectivity index (χ1) is 5.72. The molecule has 0 saturated carbocycles. The third-order valence-electron chi connectivity index (χ3n) is 1.22. The van der Waals surface area contributed by atoms with Crippen molar-refractivity contribution in [1.82, 2.24) is 4.90 Å². The Morgan fingerprint density at radius 2 is 1.67 bits per heavy atom. The van der Waals surface area contributed by atoms with Gasteiger partial charge in [-0.25, -0.2) is 0 Å². The zero-order valence-electron chi connectivity index (χ0n) is 7.53. The van der Waals surface area contributed by atoms with Gasteiger partial charge in [0.2, 0.25) is 0 Å². The molecule has 0 fully saturated rings. The maximum atomic E-state index is 10.8. The highest BCUT2D eigenvalue weighted by molar-refractivity contribution is 7.96. The standard InChI is InChI=1S/C9H15NOS/c1-3-5-7-10(9(11)12)8-6-4-2/h5-8H,3-4H2,1-2H3,(H,11,12). The SMILES string of the molecule is CCC=CN(C=CCC)C(=O)S. The van der Waals surface area contributed by atoms with E-state index in [1.165, 1.54) is 4.90 Å². The van der Waals surface area contributed by atoms with Crippen LogP contribution in [0.25, 0.3) is 0 Å². The van der Waals surface area contributed by atoms with Crippen LogP contribution in [-0.2, 0) is 0 Å². The molecule has 2 nitrogen and oxygen atoms in total. The number of hydrogen-bond donors (Lipinski definition) is 1. The normalized spacial score (nSPS) is 11.2. The van der Waals surface area contributed by atoms with Gasteiger partial charge in [-0.05, 0) is 12.8 Å². The van der Waals surface area contributed by atoms with E-state index in [0.717, 1.165) is 12.8 Å². The number of rotatable bonds is 4. The van der Waals surface area contributed by atoms with Gasteiger partial charge >= 0.3 is 0 Å². The Morgan fingerprint density at radius 3 is 1.92 bits per heavy atom. The molecule has 1 amide bonds. The summed E-state index contributed by atoms with van der Waals surface area (Å²) in [6.07, 6.45) is 9.10. The molecule has 0 N–H and O–H groups in total. The van der Waals surface area contributed by atoms with Crippen LogP contribution in [0.15, 0.2) is 24.6 Å². The number of carbonyl (C=O) groups is 1. The number of thiol groups is 1. The number of nitrogens with zero attached hydrogens (tertiary/aromatic N) is 1.